The molecule has 0 N–H and O–H groups in total. The van der Waals surface area contributed by atoms with Crippen LogP contribution in [0.15, 0.2) is 42.5 Å². The minimum atomic E-state index is -0.555. The maximum absolute atomic E-state index is 12.6. The predicted octanol–water partition coefficient (Wildman–Crippen LogP) is 2.92. The van der Waals surface area contributed by atoms with Crippen LogP contribution in [0.4, 0.5) is 11.4 Å². The number of aryl methyl sites for hydroxylation is 2. The molecule has 154 valence electrons. The third-order valence-electron chi connectivity index (χ3n) is 5.63. The van der Waals surface area contributed by atoms with E-state index >= 15 is 0 Å². The molecule has 2 aliphatic rings. The molecule has 0 aromatic heterocycles. The van der Waals surface area contributed by atoms with Crippen LogP contribution < -0.4 is 14.5 Å². The van der Waals surface area contributed by atoms with Gasteiger partial charge in [-0.1, -0.05) is 6.07 Å². The predicted molar refractivity (Wildman–Crippen MR) is 110 cm³/mol. The summed E-state index contributed by atoms with van der Waals surface area (Å²) in [5, 5.41) is 0. The van der Waals surface area contributed by atoms with Crippen LogP contribution in [0.5, 0.6) is 5.75 Å². The molecule has 0 radical (unpaired) electrons. The van der Waals surface area contributed by atoms with Crippen molar-refractivity contribution in [3.8, 4) is 5.75 Å². The van der Waals surface area contributed by atoms with Crippen LogP contribution in [-0.4, -0.2) is 30.2 Å². The second kappa shape index (κ2) is 7.74. The van der Waals surface area contributed by atoms with Crippen molar-refractivity contribution in [3.63, 3.8) is 0 Å². The van der Waals surface area contributed by atoms with Crippen LogP contribution in [0.1, 0.15) is 30.4 Å². The third-order valence-corrected chi connectivity index (χ3v) is 5.63. The van der Waals surface area contributed by atoms with Crippen molar-refractivity contribution in [1.29, 1.82) is 0 Å². The van der Waals surface area contributed by atoms with E-state index in [-0.39, 0.29) is 43.5 Å². The lowest BCUT2D eigenvalue weighted by Gasteiger charge is -2.18. The van der Waals surface area contributed by atoms with E-state index in [9.17, 15) is 19.2 Å². The van der Waals surface area contributed by atoms with Gasteiger partial charge in [0.1, 0.15) is 5.75 Å². The van der Waals surface area contributed by atoms with Gasteiger partial charge < -0.3 is 9.64 Å². The topological polar surface area (TPSA) is 84.0 Å². The number of imide groups is 1. The first kappa shape index (κ1) is 19.8. The van der Waals surface area contributed by atoms with Gasteiger partial charge in [0, 0.05) is 31.5 Å². The minimum Gasteiger partial charge on any atom is -0.426 e. The lowest BCUT2D eigenvalue weighted by Crippen LogP contribution is -2.28. The molecule has 0 spiro atoms. The molecule has 0 bridgehead atoms. The molecule has 2 saturated heterocycles. The number of benzene rings is 2. The van der Waals surface area contributed by atoms with Gasteiger partial charge in [0.05, 0.1) is 11.6 Å². The maximum Gasteiger partial charge on any atom is 0.316 e. The summed E-state index contributed by atoms with van der Waals surface area (Å²) >= 11 is 0. The lowest BCUT2D eigenvalue weighted by molar-refractivity contribution is -0.139. The highest BCUT2D eigenvalue weighted by Gasteiger charge is 2.36. The number of carbonyl (C=O) groups is 4. The molecular weight excluding hydrogens is 384 g/mol. The molecule has 0 unspecified atom stereocenters. The summed E-state index contributed by atoms with van der Waals surface area (Å²) in [6.45, 7) is 4.26. The number of amides is 3. The molecule has 3 amide bonds. The van der Waals surface area contributed by atoms with E-state index in [1.54, 1.807) is 29.2 Å². The van der Waals surface area contributed by atoms with E-state index < -0.39 is 11.9 Å². The van der Waals surface area contributed by atoms with Crippen molar-refractivity contribution in [2.45, 2.75) is 33.1 Å². The highest BCUT2D eigenvalue weighted by atomic mass is 16.5. The number of esters is 1. The van der Waals surface area contributed by atoms with Gasteiger partial charge in [-0.15, -0.1) is 0 Å². The Morgan fingerprint density at radius 2 is 1.50 bits per heavy atom. The first-order valence-electron chi connectivity index (χ1n) is 9.88. The largest absolute Gasteiger partial charge is 0.426 e. The van der Waals surface area contributed by atoms with Gasteiger partial charge in [-0.3, -0.25) is 24.1 Å². The van der Waals surface area contributed by atoms with Crippen molar-refractivity contribution in [3.05, 3.63) is 53.6 Å². The summed E-state index contributed by atoms with van der Waals surface area (Å²) in [7, 11) is 0. The number of anilines is 2. The van der Waals surface area contributed by atoms with Crippen LogP contribution >= 0.6 is 0 Å². The molecule has 1 atom stereocenters. The van der Waals surface area contributed by atoms with E-state index in [1.165, 1.54) is 0 Å². The molecule has 2 fully saturated rings. The number of ether oxygens (including phenoxy) is 1. The van der Waals surface area contributed by atoms with E-state index in [0.29, 0.717) is 11.4 Å². The Morgan fingerprint density at radius 1 is 0.867 bits per heavy atom. The van der Waals surface area contributed by atoms with Gasteiger partial charge in [0.2, 0.25) is 17.7 Å². The van der Waals surface area contributed by atoms with Gasteiger partial charge in [-0.2, -0.15) is 0 Å². The maximum atomic E-state index is 12.6. The summed E-state index contributed by atoms with van der Waals surface area (Å²) in [5.41, 5.74) is 3.46. The second-order valence-electron chi connectivity index (χ2n) is 7.71. The van der Waals surface area contributed by atoms with Crippen molar-refractivity contribution in [2.75, 3.05) is 16.3 Å². The number of carbonyl (C=O) groups excluding carboxylic acids is 4. The fourth-order valence-electron chi connectivity index (χ4n) is 3.74. The Bertz CT molecular complexity index is 1030. The smallest absolute Gasteiger partial charge is 0.316 e. The van der Waals surface area contributed by atoms with Crippen molar-refractivity contribution in [2.24, 2.45) is 5.92 Å². The van der Waals surface area contributed by atoms with Gasteiger partial charge >= 0.3 is 5.97 Å². The van der Waals surface area contributed by atoms with E-state index in [1.807, 2.05) is 32.0 Å². The van der Waals surface area contributed by atoms with Gasteiger partial charge in [-0.05, 0) is 61.4 Å². The third kappa shape index (κ3) is 3.70. The molecule has 30 heavy (non-hydrogen) atoms. The first-order chi connectivity index (χ1) is 14.3. The summed E-state index contributed by atoms with van der Waals surface area (Å²) in [6.07, 6.45) is 0.519. The summed E-state index contributed by atoms with van der Waals surface area (Å²) < 4.78 is 5.44. The fraction of sp³-hybridized carbons (Fsp3) is 0.304. The molecule has 4 rings (SSSR count). The monoisotopic (exact) mass is 406 g/mol. The zero-order valence-corrected chi connectivity index (χ0v) is 16.9. The molecule has 2 heterocycles. The zero-order valence-electron chi connectivity index (χ0n) is 16.9. The van der Waals surface area contributed by atoms with Gasteiger partial charge in [0.15, 0.2) is 0 Å². The summed E-state index contributed by atoms with van der Waals surface area (Å²) in [6, 6.07) is 12.0. The molecule has 0 aliphatic carbocycles. The van der Waals surface area contributed by atoms with Gasteiger partial charge in [0.25, 0.3) is 0 Å². The molecule has 0 saturated carbocycles. The summed E-state index contributed by atoms with van der Waals surface area (Å²) in [5.74, 6) is -1.31. The molecule has 2 aromatic rings. The number of hydrogen-bond donors (Lipinski definition) is 0. The van der Waals surface area contributed by atoms with Gasteiger partial charge in [-0.25, -0.2) is 0 Å². The zero-order chi connectivity index (χ0) is 21.4. The standard InChI is InChI=1S/C23H22N2O5/c1-14-3-4-18(11-15(14)2)24-13-16(12-22(24)28)23(29)30-19-7-5-17(6-8-19)25-20(26)9-10-21(25)27/h3-8,11,16H,9-10,12-13H2,1-2H3/t16-/m1/s1. The number of rotatable bonds is 4. The van der Waals surface area contributed by atoms with Crippen LogP contribution in [0.3, 0.4) is 0 Å². The summed E-state index contributed by atoms with van der Waals surface area (Å²) in [4.78, 5) is 51.4. The molecule has 2 aromatic carbocycles. The average Bonchev–Trinajstić information content (AvgIpc) is 3.27. The highest BCUT2D eigenvalue weighted by molar-refractivity contribution is 6.19. The van der Waals surface area contributed by atoms with E-state index in [2.05, 4.69) is 0 Å². The van der Waals surface area contributed by atoms with Crippen molar-refractivity contribution in [1.82, 2.24) is 0 Å². The Labute approximate surface area is 174 Å². The Hall–Kier alpha value is -3.48. The number of hydrogen-bond acceptors (Lipinski definition) is 5. The fourth-order valence-corrected chi connectivity index (χ4v) is 3.74. The van der Waals surface area contributed by atoms with E-state index in [0.717, 1.165) is 21.7 Å². The molecule has 2 aliphatic heterocycles. The van der Waals surface area contributed by atoms with Crippen molar-refractivity contribution < 1.29 is 23.9 Å². The average molecular weight is 406 g/mol. The van der Waals surface area contributed by atoms with Crippen molar-refractivity contribution >= 4 is 35.1 Å². The Kier molecular flexibility index (Phi) is 5.11. The Balaban J connectivity index is 1.42. The Morgan fingerprint density at radius 3 is 2.13 bits per heavy atom. The molecular formula is C23H22N2O5. The number of nitrogens with zero attached hydrogens (tertiary/aromatic N) is 2. The van der Waals surface area contributed by atoms with Crippen LogP contribution in [0.2, 0.25) is 0 Å². The SMILES string of the molecule is Cc1ccc(N2C[C@H](C(=O)Oc3ccc(N4C(=O)CCC4=O)cc3)CC2=O)cc1C. The molecule has 7 nitrogen and oxygen atoms in total. The minimum absolute atomic E-state index is 0.0978. The van der Waals surface area contributed by atoms with E-state index in [4.69, 9.17) is 4.74 Å². The highest BCUT2D eigenvalue weighted by Crippen LogP contribution is 2.29. The van der Waals surface area contributed by atoms with Crippen LogP contribution in [0, 0.1) is 19.8 Å². The second-order valence-corrected chi connectivity index (χ2v) is 7.71. The quantitative estimate of drug-likeness (QED) is 0.443. The normalized spacial score (nSPS) is 19.0. The molecule has 7 heteroatoms. The lowest BCUT2D eigenvalue weighted by atomic mass is 10.1. The van der Waals surface area contributed by atoms with Crippen LogP contribution in [0.25, 0.3) is 0 Å². The van der Waals surface area contributed by atoms with Crippen LogP contribution in [-0.2, 0) is 19.2 Å². The first-order valence-corrected chi connectivity index (χ1v) is 9.88.